The molecule has 3 aliphatic rings. The lowest BCUT2D eigenvalue weighted by molar-refractivity contribution is -0.274. The molecule has 1 aromatic carbocycles. The molecule has 1 saturated carbocycles. The molecule has 0 bridgehead atoms. The summed E-state index contributed by atoms with van der Waals surface area (Å²) in [5.74, 6) is -0.772. The molecule has 0 spiro atoms. The summed E-state index contributed by atoms with van der Waals surface area (Å²) in [6.07, 6.45) is 1.13. The molecule has 1 saturated heterocycles. The minimum Gasteiger partial charge on any atom is -0.511 e. The van der Waals surface area contributed by atoms with Crippen molar-refractivity contribution >= 4 is 12.1 Å². The summed E-state index contributed by atoms with van der Waals surface area (Å²) in [6, 6.07) is 5.88. The number of fused-ring (bicyclic) bond motifs is 1. The Kier molecular flexibility index (Phi) is 5.96. The standard InChI is InChI=1S/C22H26F3N3O3/c23-22(24,25)31-15-5-3-14(4-6-15)21(8-1-2-9-21)13-28-20(30)17-12-27-18-7-10-26-11-16(18)19(17)29/h3-6,12,16,18,26,29H,1-2,7-11,13H2,(H,28,30). The fourth-order valence-electron chi connectivity index (χ4n) is 4.89. The first kappa shape index (κ1) is 21.7. The van der Waals surface area contributed by atoms with Gasteiger partial charge < -0.3 is 20.5 Å². The molecule has 2 atom stereocenters. The maximum atomic E-state index is 12.8. The Morgan fingerprint density at radius 3 is 2.65 bits per heavy atom. The van der Waals surface area contributed by atoms with Crippen LogP contribution >= 0.6 is 0 Å². The summed E-state index contributed by atoms with van der Waals surface area (Å²) in [7, 11) is 0. The van der Waals surface area contributed by atoms with Crippen LogP contribution in [0.3, 0.4) is 0 Å². The van der Waals surface area contributed by atoms with Crippen molar-refractivity contribution in [3.05, 3.63) is 41.2 Å². The first-order chi connectivity index (χ1) is 14.8. The van der Waals surface area contributed by atoms with Gasteiger partial charge in [0.15, 0.2) is 0 Å². The number of carbonyl (C=O) groups excluding carboxylic acids is 1. The van der Waals surface area contributed by atoms with Crippen LogP contribution in [0.5, 0.6) is 5.75 Å². The summed E-state index contributed by atoms with van der Waals surface area (Å²) in [5, 5.41) is 16.8. The van der Waals surface area contributed by atoms with Crippen LogP contribution < -0.4 is 15.4 Å². The molecular formula is C22H26F3N3O3. The van der Waals surface area contributed by atoms with E-state index in [2.05, 4.69) is 20.4 Å². The van der Waals surface area contributed by atoms with Crippen LogP contribution in [0.1, 0.15) is 37.7 Å². The second-order valence-electron chi connectivity index (χ2n) is 8.49. The molecule has 0 radical (unpaired) electrons. The van der Waals surface area contributed by atoms with Gasteiger partial charge in [-0.25, -0.2) is 0 Å². The predicted octanol–water partition coefficient (Wildman–Crippen LogP) is 3.39. The highest BCUT2D eigenvalue weighted by Crippen LogP contribution is 2.41. The van der Waals surface area contributed by atoms with Gasteiger partial charge in [-0.1, -0.05) is 25.0 Å². The van der Waals surface area contributed by atoms with Gasteiger partial charge in [0.2, 0.25) is 0 Å². The van der Waals surface area contributed by atoms with Gasteiger partial charge in [-0.15, -0.1) is 13.2 Å². The third-order valence-electron chi connectivity index (χ3n) is 6.56. The number of ether oxygens (including phenoxy) is 1. The number of rotatable bonds is 5. The molecule has 31 heavy (non-hydrogen) atoms. The molecule has 1 amide bonds. The van der Waals surface area contributed by atoms with E-state index < -0.39 is 6.36 Å². The second kappa shape index (κ2) is 8.53. The molecule has 9 heteroatoms. The van der Waals surface area contributed by atoms with E-state index >= 15 is 0 Å². The number of nitrogens with one attached hydrogen (secondary N) is 2. The Morgan fingerprint density at radius 2 is 1.97 bits per heavy atom. The Balaban J connectivity index is 1.46. The number of nitrogens with zero attached hydrogens (tertiary/aromatic N) is 1. The minimum atomic E-state index is -4.73. The van der Waals surface area contributed by atoms with Crippen molar-refractivity contribution in [2.24, 2.45) is 10.9 Å². The fraction of sp³-hybridized carbons (Fsp3) is 0.545. The molecule has 6 nitrogen and oxygen atoms in total. The molecular weight excluding hydrogens is 411 g/mol. The zero-order chi connectivity index (χ0) is 22.1. The van der Waals surface area contributed by atoms with Crippen LogP contribution in [0.15, 0.2) is 40.6 Å². The quantitative estimate of drug-likeness (QED) is 0.660. The SMILES string of the molecule is O=C(NCC1(c2ccc(OC(F)(F)F)cc2)CCCC1)C1=C(O)C2CNCCC2N=C1. The van der Waals surface area contributed by atoms with E-state index in [1.807, 2.05) is 0 Å². The Bertz CT molecular complexity index is 874. The summed E-state index contributed by atoms with van der Waals surface area (Å²) >= 11 is 0. The van der Waals surface area contributed by atoms with Crippen molar-refractivity contribution in [1.29, 1.82) is 0 Å². The lowest BCUT2D eigenvalue weighted by Gasteiger charge is -2.33. The number of dihydropyridines is 1. The Morgan fingerprint density at radius 1 is 1.26 bits per heavy atom. The van der Waals surface area contributed by atoms with Crippen molar-refractivity contribution < 1.29 is 27.8 Å². The zero-order valence-electron chi connectivity index (χ0n) is 17.0. The summed E-state index contributed by atoms with van der Waals surface area (Å²) in [6.45, 7) is 1.76. The summed E-state index contributed by atoms with van der Waals surface area (Å²) < 4.78 is 41.3. The highest BCUT2D eigenvalue weighted by molar-refractivity contribution is 6.13. The average Bonchev–Trinajstić information content (AvgIpc) is 3.22. The number of alkyl halides is 3. The van der Waals surface area contributed by atoms with Crippen LogP contribution in [-0.2, 0) is 10.2 Å². The van der Waals surface area contributed by atoms with Gasteiger partial charge in [0, 0.05) is 24.7 Å². The smallest absolute Gasteiger partial charge is 0.511 e. The number of aliphatic imine (C=N–C) groups is 1. The Hall–Kier alpha value is -2.55. The van der Waals surface area contributed by atoms with Crippen molar-refractivity contribution in [3.63, 3.8) is 0 Å². The molecule has 3 N–H and O–H groups in total. The van der Waals surface area contributed by atoms with E-state index in [4.69, 9.17) is 0 Å². The van der Waals surface area contributed by atoms with Gasteiger partial charge >= 0.3 is 6.36 Å². The number of hydrogen-bond acceptors (Lipinski definition) is 5. The van der Waals surface area contributed by atoms with Crippen molar-refractivity contribution in [3.8, 4) is 5.75 Å². The number of aliphatic hydroxyl groups is 1. The van der Waals surface area contributed by atoms with E-state index in [1.165, 1.54) is 18.3 Å². The molecule has 1 aromatic rings. The van der Waals surface area contributed by atoms with Gasteiger partial charge in [0.1, 0.15) is 11.5 Å². The normalized spacial score (nSPS) is 25.3. The first-order valence-corrected chi connectivity index (χ1v) is 10.6. The third kappa shape index (κ3) is 4.71. The number of amides is 1. The first-order valence-electron chi connectivity index (χ1n) is 10.6. The molecule has 1 aliphatic carbocycles. The molecule has 2 unspecified atom stereocenters. The number of halogens is 3. The largest absolute Gasteiger partial charge is 0.573 e. The molecule has 0 aromatic heterocycles. The van der Waals surface area contributed by atoms with E-state index in [1.54, 1.807) is 12.1 Å². The van der Waals surface area contributed by atoms with Crippen LogP contribution in [0.4, 0.5) is 13.2 Å². The third-order valence-corrected chi connectivity index (χ3v) is 6.56. The van der Waals surface area contributed by atoms with Gasteiger partial charge in [-0.2, -0.15) is 0 Å². The topological polar surface area (TPSA) is 83.0 Å². The minimum absolute atomic E-state index is 0.00333. The number of hydrogen-bond donors (Lipinski definition) is 3. The molecule has 2 fully saturated rings. The van der Waals surface area contributed by atoms with Gasteiger partial charge in [-0.3, -0.25) is 9.79 Å². The molecule has 2 heterocycles. The van der Waals surface area contributed by atoms with Crippen LogP contribution in [-0.4, -0.2) is 49.3 Å². The van der Waals surface area contributed by atoms with Gasteiger partial charge in [-0.05, 0) is 43.5 Å². The highest BCUT2D eigenvalue weighted by Gasteiger charge is 2.38. The van der Waals surface area contributed by atoms with Crippen molar-refractivity contribution in [2.75, 3.05) is 19.6 Å². The van der Waals surface area contributed by atoms with E-state index in [0.717, 1.165) is 44.2 Å². The van der Waals surface area contributed by atoms with Crippen LogP contribution in [0.2, 0.25) is 0 Å². The molecule has 4 rings (SSSR count). The van der Waals surface area contributed by atoms with E-state index in [9.17, 15) is 23.1 Å². The average molecular weight is 437 g/mol. The van der Waals surface area contributed by atoms with Crippen molar-refractivity contribution in [2.45, 2.75) is 49.9 Å². The van der Waals surface area contributed by atoms with E-state index in [0.29, 0.717) is 13.1 Å². The summed E-state index contributed by atoms with van der Waals surface area (Å²) in [4.78, 5) is 17.3. The van der Waals surface area contributed by atoms with E-state index in [-0.39, 0.29) is 40.4 Å². The van der Waals surface area contributed by atoms with Crippen molar-refractivity contribution in [1.82, 2.24) is 10.6 Å². The maximum Gasteiger partial charge on any atom is 0.573 e. The highest BCUT2D eigenvalue weighted by atomic mass is 19.4. The number of carbonyl (C=O) groups is 1. The molecule has 168 valence electrons. The zero-order valence-corrected chi connectivity index (χ0v) is 17.0. The van der Waals surface area contributed by atoms with Gasteiger partial charge in [0.25, 0.3) is 5.91 Å². The fourth-order valence-corrected chi connectivity index (χ4v) is 4.89. The predicted molar refractivity (Wildman–Crippen MR) is 109 cm³/mol. The van der Waals surface area contributed by atoms with Gasteiger partial charge in [0.05, 0.1) is 17.5 Å². The second-order valence-corrected chi connectivity index (χ2v) is 8.49. The number of piperidine rings is 1. The summed E-state index contributed by atoms with van der Waals surface area (Å²) in [5.41, 5.74) is 0.697. The molecule has 2 aliphatic heterocycles. The lowest BCUT2D eigenvalue weighted by atomic mass is 9.78. The Labute approximate surface area is 178 Å². The maximum absolute atomic E-state index is 12.8. The monoisotopic (exact) mass is 437 g/mol. The lowest BCUT2D eigenvalue weighted by Crippen LogP contribution is -2.44. The number of benzene rings is 1. The van der Waals surface area contributed by atoms with Crippen LogP contribution in [0.25, 0.3) is 0 Å². The van der Waals surface area contributed by atoms with Crippen LogP contribution in [0, 0.1) is 5.92 Å². The number of aliphatic hydroxyl groups excluding tert-OH is 1.